The van der Waals surface area contributed by atoms with Gasteiger partial charge in [-0.05, 0) is 55.0 Å². The van der Waals surface area contributed by atoms with Gasteiger partial charge in [-0.3, -0.25) is 15.0 Å². The van der Waals surface area contributed by atoms with Gasteiger partial charge in [0.2, 0.25) is 0 Å². The second-order valence-electron chi connectivity index (χ2n) is 5.50. The number of nitrogens with zero attached hydrogens (tertiary/aromatic N) is 1. The van der Waals surface area contributed by atoms with E-state index in [0.717, 1.165) is 5.01 Å². The first-order valence-electron chi connectivity index (χ1n) is 7.93. The van der Waals surface area contributed by atoms with Crippen LogP contribution in [0.4, 0.5) is 5.69 Å². The monoisotopic (exact) mass is 352 g/mol. The largest absolute Gasteiger partial charge is 0.508 e. The van der Waals surface area contributed by atoms with Crippen molar-refractivity contribution in [3.63, 3.8) is 0 Å². The van der Waals surface area contributed by atoms with E-state index in [1.807, 2.05) is 0 Å². The number of carbonyl (C=O) groups is 3. The molecule has 26 heavy (non-hydrogen) atoms. The van der Waals surface area contributed by atoms with Crippen molar-refractivity contribution < 1.29 is 24.2 Å². The maximum absolute atomic E-state index is 12.5. The molecule has 2 amide bonds. The number of esters is 1. The van der Waals surface area contributed by atoms with Crippen molar-refractivity contribution in [2.75, 3.05) is 11.6 Å². The fourth-order valence-electron chi connectivity index (χ4n) is 2.44. The van der Waals surface area contributed by atoms with Gasteiger partial charge < -0.3 is 9.84 Å². The van der Waals surface area contributed by atoms with Crippen molar-refractivity contribution in [1.82, 2.24) is 5.43 Å². The van der Waals surface area contributed by atoms with Crippen LogP contribution in [0.3, 0.4) is 0 Å². The predicted molar refractivity (Wildman–Crippen MR) is 94.1 cm³/mol. The van der Waals surface area contributed by atoms with Crippen LogP contribution in [0.25, 0.3) is 6.08 Å². The molecule has 1 heterocycles. The number of rotatable bonds is 4. The number of benzene rings is 2. The molecular weight excluding hydrogens is 336 g/mol. The van der Waals surface area contributed by atoms with E-state index < -0.39 is 17.8 Å². The van der Waals surface area contributed by atoms with Gasteiger partial charge in [0.25, 0.3) is 11.8 Å². The Bertz CT molecular complexity index is 885. The summed E-state index contributed by atoms with van der Waals surface area (Å²) in [6, 6.07) is 12.3. The van der Waals surface area contributed by atoms with Crippen molar-refractivity contribution in [3.05, 3.63) is 65.2 Å². The van der Waals surface area contributed by atoms with Crippen LogP contribution in [0.1, 0.15) is 22.8 Å². The molecule has 1 fully saturated rings. The molecule has 7 heteroatoms. The molecule has 0 saturated carbocycles. The zero-order valence-electron chi connectivity index (χ0n) is 13.9. The number of ether oxygens (including phenoxy) is 1. The molecule has 1 aliphatic heterocycles. The van der Waals surface area contributed by atoms with Crippen LogP contribution in [-0.4, -0.2) is 29.5 Å². The van der Waals surface area contributed by atoms with Crippen LogP contribution in [0.2, 0.25) is 0 Å². The van der Waals surface area contributed by atoms with Gasteiger partial charge in [0, 0.05) is 0 Å². The Morgan fingerprint density at radius 3 is 2.38 bits per heavy atom. The molecule has 132 valence electrons. The van der Waals surface area contributed by atoms with E-state index in [1.165, 1.54) is 30.3 Å². The Labute approximate surface area is 149 Å². The number of phenolic OH excluding ortho intramolecular Hbond substituents is 1. The third kappa shape index (κ3) is 3.41. The lowest BCUT2D eigenvalue weighted by Gasteiger charge is -2.14. The van der Waals surface area contributed by atoms with E-state index in [0.29, 0.717) is 16.8 Å². The third-order valence-corrected chi connectivity index (χ3v) is 3.73. The van der Waals surface area contributed by atoms with Crippen molar-refractivity contribution >= 4 is 29.5 Å². The first-order chi connectivity index (χ1) is 12.5. The molecule has 0 aromatic heterocycles. The number of anilines is 1. The Morgan fingerprint density at radius 1 is 1.12 bits per heavy atom. The van der Waals surface area contributed by atoms with E-state index in [2.05, 4.69) is 5.43 Å². The molecule has 0 unspecified atom stereocenters. The predicted octanol–water partition coefficient (Wildman–Crippen LogP) is 2.03. The van der Waals surface area contributed by atoms with Crippen molar-refractivity contribution in [1.29, 1.82) is 0 Å². The summed E-state index contributed by atoms with van der Waals surface area (Å²) >= 11 is 0. The lowest BCUT2D eigenvalue weighted by molar-refractivity contribution is -0.117. The van der Waals surface area contributed by atoms with E-state index in [9.17, 15) is 19.5 Å². The van der Waals surface area contributed by atoms with Crippen LogP contribution in [0.15, 0.2) is 54.1 Å². The normalized spacial score (nSPS) is 15.3. The van der Waals surface area contributed by atoms with Crippen molar-refractivity contribution in [2.24, 2.45) is 0 Å². The van der Waals surface area contributed by atoms with E-state index in [-0.39, 0.29) is 17.9 Å². The molecule has 2 aromatic rings. The van der Waals surface area contributed by atoms with Gasteiger partial charge in [0.05, 0.1) is 17.9 Å². The molecule has 0 spiro atoms. The van der Waals surface area contributed by atoms with Crippen molar-refractivity contribution in [3.8, 4) is 5.75 Å². The number of hydrogen-bond donors (Lipinski definition) is 2. The van der Waals surface area contributed by atoms with E-state index >= 15 is 0 Å². The van der Waals surface area contributed by atoms with Gasteiger partial charge in [-0.2, -0.15) is 0 Å². The summed E-state index contributed by atoms with van der Waals surface area (Å²) in [5.74, 6) is -1.40. The number of carbonyl (C=O) groups excluding carboxylic acids is 3. The molecule has 0 radical (unpaired) electrons. The third-order valence-electron chi connectivity index (χ3n) is 3.73. The molecule has 1 saturated heterocycles. The van der Waals surface area contributed by atoms with E-state index in [1.54, 1.807) is 31.2 Å². The Kier molecular flexibility index (Phi) is 4.70. The second kappa shape index (κ2) is 7.10. The minimum absolute atomic E-state index is 0.0230. The zero-order valence-corrected chi connectivity index (χ0v) is 13.9. The van der Waals surface area contributed by atoms with Gasteiger partial charge in [0.1, 0.15) is 11.3 Å². The maximum atomic E-state index is 12.5. The number of amides is 2. The fourth-order valence-corrected chi connectivity index (χ4v) is 2.44. The van der Waals surface area contributed by atoms with Gasteiger partial charge in [-0.25, -0.2) is 9.80 Å². The average molecular weight is 352 g/mol. The highest BCUT2D eigenvalue weighted by Crippen LogP contribution is 2.22. The van der Waals surface area contributed by atoms with Crippen LogP contribution in [0, 0.1) is 0 Å². The topological polar surface area (TPSA) is 95.9 Å². The molecule has 3 rings (SSSR count). The molecule has 0 bridgehead atoms. The highest BCUT2D eigenvalue weighted by molar-refractivity contribution is 6.31. The highest BCUT2D eigenvalue weighted by atomic mass is 16.5. The average Bonchev–Trinajstić information content (AvgIpc) is 2.92. The summed E-state index contributed by atoms with van der Waals surface area (Å²) in [5.41, 5.74) is 3.85. The smallest absolute Gasteiger partial charge is 0.338 e. The standard InChI is InChI=1S/C19H16N2O5/c1-2-26-19(25)13-5-7-14(8-6-13)21-18(24)16(17(23)20-21)11-12-3-9-15(22)10-4-12/h3-11,22H,2H2,1H3,(H,20,23). The lowest BCUT2D eigenvalue weighted by Crippen LogP contribution is -2.35. The number of nitrogens with one attached hydrogen (secondary N) is 1. The second-order valence-corrected chi connectivity index (χ2v) is 5.50. The quantitative estimate of drug-likeness (QED) is 0.499. The molecule has 0 aliphatic carbocycles. The summed E-state index contributed by atoms with van der Waals surface area (Å²) < 4.78 is 4.91. The van der Waals surface area contributed by atoms with Crippen LogP contribution < -0.4 is 10.4 Å². The highest BCUT2D eigenvalue weighted by Gasteiger charge is 2.34. The lowest BCUT2D eigenvalue weighted by atomic mass is 10.1. The number of phenols is 1. The molecule has 2 N–H and O–H groups in total. The van der Waals surface area contributed by atoms with Gasteiger partial charge >= 0.3 is 5.97 Å². The van der Waals surface area contributed by atoms with Gasteiger partial charge in [-0.1, -0.05) is 12.1 Å². The number of hydrogen-bond acceptors (Lipinski definition) is 5. The Balaban J connectivity index is 1.82. The van der Waals surface area contributed by atoms with Crippen LogP contribution in [0.5, 0.6) is 5.75 Å². The summed E-state index contributed by atoms with van der Waals surface area (Å²) in [5, 5.41) is 10.4. The fraction of sp³-hybridized carbons (Fsp3) is 0.105. The first kappa shape index (κ1) is 17.2. The number of hydrazine groups is 1. The van der Waals surface area contributed by atoms with Gasteiger partial charge in [0.15, 0.2) is 0 Å². The first-order valence-corrected chi connectivity index (χ1v) is 7.93. The van der Waals surface area contributed by atoms with Crippen LogP contribution in [-0.2, 0) is 14.3 Å². The zero-order chi connectivity index (χ0) is 18.7. The van der Waals surface area contributed by atoms with Crippen molar-refractivity contribution in [2.45, 2.75) is 6.92 Å². The molecule has 1 aliphatic rings. The summed E-state index contributed by atoms with van der Waals surface area (Å²) in [7, 11) is 0. The van der Waals surface area contributed by atoms with E-state index in [4.69, 9.17) is 4.74 Å². The number of aromatic hydroxyl groups is 1. The maximum Gasteiger partial charge on any atom is 0.338 e. The summed E-state index contributed by atoms with van der Waals surface area (Å²) in [6.07, 6.45) is 1.45. The summed E-state index contributed by atoms with van der Waals surface area (Å²) in [4.78, 5) is 36.4. The minimum atomic E-state index is -0.530. The van der Waals surface area contributed by atoms with Gasteiger partial charge in [-0.15, -0.1) is 0 Å². The molecule has 2 aromatic carbocycles. The Hall–Kier alpha value is -3.61. The molecular formula is C19H16N2O5. The molecule has 0 atom stereocenters. The molecule has 7 nitrogen and oxygen atoms in total. The summed E-state index contributed by atoms with van der Waals surface area (Å²) in [6.45, 7) is 1.99. The Morgan fingerprint density at radius 2 is 1.77 bits per heavy atom. The van der Waals surface area contributed by atoms with Crippen LogP contribution >= 0.6 is 0 Å². The minimum Gasteiger partial charge on any atom is -0.508 e. The SMILES string of the molecule is CCOC(=O)c1ccc(N2NC(=O)C(=Cc3ccc(O)cc3)C2=O)cc1.